The van der Waals surface area contributed by atoms with E-state index in [1.54, 1.807) is 17.0 Å². The van der Waals surface area contributed by atoms with Crippen LogP contribution < -0.4 is 5.32 Å². The molecule has 2 aliphatic rings. The number of carbonyl (C=O) groups is 2. The van der Waals surface area contributed by atoms with E-state index < -0.39 is 0 Å². The van der Waals surface area contributed by atoms with E-state index in [2.05, 4.69) is 15.5 Å². The number of aromatic amines is 1. The Balaban J connectivity index is 1.37. The molecule has 3 heterocycles. The third kappa shape index (κ3) is 3.06. The lowest BCUT2D eigenvalue weighted by molar-refractivity contribution is 0.0646. The highest BCUT2D eigenvalue weighted by Crippen LogP contribution is 2.38. The van der Waals surface area contributed by atoms with Gasteiger partial charge in [-0.15, -0.1) is 0 Å². The summed E-state index contributed by atoms with van der Waals surface area (Å²) in [4.78, 5) is 26.4. The van der Waals surface area contributed by atoms with Crippen molar-refractivity contribution >= 4 is 11.8 Å². The maximum Gasteiger partial charge on any atom is 0.289 e. The predicted molar refractivity (Wildman–Crippen MR) is 85.7 cm³/mol. The molecule has 0 aromatic carbocycles. The maximum absolute atomic E-state index is 12.4. The quantitative estimate of drug-likeness (QED) is 0.897. The first-order chi connectivity index (χ1) is 11.7. The fourth-order valence-corrected chi connectivity index (χ4v) is 3.15. The molecular formula is C17H20N4O3. The predicted octanol–water partition coefficient (Wildman–Crippen LogP) is 1.91. The normalized spacial score (nSPS) is 20.8. The molecule has 2 aromatic rings. The van der Waals surface area contributed by atoms with Crippen molar-refractivity contribution < 1.29 is 14.0 Å². The third-order valence-corrected chi connectivity index (χ3v) is 4.62. The fraction of sp³-hybridized carbons (Fsp3) is 0.471. The minimum absolute atomic E-state index is 0.0637. The van der Waals surface area contributed by atoms with E-state index in [9.17, 15) is 9.59 Å². The molecule has 0 spiro atoms. The van der Waals surface area contributed by atoms with Gasteiger partial charge in [-0.05, 0) is 43.9 Å². The summed E-state index contributed by atoms with van der Waals surface area (Å²) in [6.07, 6.45) is 5.52. The summed E-state index contributed by atoms with van der Waals surface area (Å²) in [5.41, 5.74) is 1.46. The first-order valence-electron chi connectivity index (χ1n) is 8.39. The summed E-state index contributed by atoms with van der Waals surface area (Å²) in [5, 5.41) is 10.0. The van der Waals surface area contributed by atoms with Crippen LogP contribution >= 0.6 is 0 Å². The summed E-state index contributed by atoms with van der Waals surface area (Å²) < 4.78 is 5.17. The molecule has 0 bridgehead atoms. The van der Waals surface area contributed by atoms with Gasteiger partial charge >= 0.3 is 0 Å². The molecule has 2 N–H and O–H groups in total. The van der Waals surface area contributed by atoms with Gasteiger partial charge in [0.05, 0.1) is 6.26 Å². The largest absolute Gasteiger partial charge is 0.459 e. The zero-order chi connectivity index (χ0) is 16.5. The zero-order valence-electron chi connectivity index (χ0n) is 13.3. The van der Waals surface area contributed by atoms with Crippen molar-refractivity contribution in [1.29, 1.82) is 0 Å². The van der Waals surface area contributed by atoms with Crippen molar-refractivity contribution in [2.45, 2.75) is 37.6 Å². The highest BCUT2D eigenvalue weighted by atomic mass is 16.3. The molecule has 7 heteroatoms. The molecule has 2 amide bonds. The molecule has 1 aliphatic carbocycles. The van der Waals surface area contributed by atoms with E-state index in [0.29, 0.717) is 30.5 Å². The van der Waals surface area contributed by atoms with Crippen LogP contribution in [0.25, 0.3) is 0 Å². The smallest absolute Gasteiger partial charge is 0.289 e. The van der Waals surface area contributed by atoms with Crippen LogP contribution in [0.4, 0.5) is 0 Å². The van der Waals surface area contributed by atoms with Crippen LogP contribution in [0.15, 0.2) is 28.9 Å². The molecule has 1 aliphatic heterocycles. The van der Waals surface area contributed by atoms with E-state index in [0.717, 1.165) is 31.4 Å². The van der Waals surface area contributed by atoms with Crippen molar-refractivity contribution in [3.63, 3.8) is 0 Å². The molecule has 24 heavy (non-hydrogen) atoms. The molecule has 126 valence electrons. The average molecular weight is 328 g/mol. The molecule has 1 saturated carbocycles. The van der Waals surface area contributed by atoms with E-state index in [1.165, 1.54) is 6.26 Å². The molecule has 2 fully saturated rings. The van der Waals surface area contributed by atoms with Crippen LogP contribution in [-0.4, -0.2) is 46.0 Å². The number of rotatable bonds is 4. The van der Waals surface area contributed by atoms with Crippen molar-refractivity contribution in [2.24, 2.45) is 0 Å². The van der Waals surface area contributed by atoms with Crippen LogP contribution in [0.5, 0.6) is 0 Å². The molecule has 1 saturated heterocycles. The highest BCUT2D eigenvalue weighted by Gasteiger charge is 2.29. The second kappa shape index (κ2) is 6.14. The Morgan fingerprint density at radius 2 is 2.21 bits per heavy atom. The first kappa shape index (κ1) is 15.0. The van der Waals surface area contributed by atoms with Crippen molar-refractivity contribution in [3.05, 3.63) is 41.6 Å². The van der Waals surface area contributed by atoms with Gasteiger partial charge in [0.1, 0.15) is 5.69 Å². The number of aromatic nitrogens is 2. The minimum atomic E-state index is -0.185. The number of H-pyrrole nitrogens is 1. The number of piperidine rings is 1. The van der Waals surface area contributed by atoms with Gasteiger partial charge in [0.15, 0.2) is 5.76 Å². The Bertz CT molecular complexity index is 733. The number of carbonyl (C=O) groups excluding carboxylic acids is 2. The number of likely N-dealkylation sites (tertiary alicyclic amines) is 1. The van der Waals surface area contributed by atoms with Crippen LogP contribution in [0, 0.1) is 0 Å². The number of furan rings is 1. The topological polar surface area (TPSA) is 91.2 Å². The summed E-state index contributed by atoms with van der Waals surface area (Å²) in [6.45, 7) is 1.17. The zero-order valence-corrected chi connectivity index (χ0v) is 13.3. The van der Waals surface area contributed by atoms with E-state index in [1.807, 2.05) is 6.07 Å². The molecule has 0 unspecified atom stereocenters. The van der Waals surface area contributed by atoms with E-state index in [4.69, 9.17) is 4.42 Å². The second-order valence-corrected chi connectivity index (χ2v) is 6.52. The molecule has 4 rings (SSSR count). The van der Waals surface area contributed by atoms with Gasteiger partial charge in [0, 0.05) is 30.7 Å². The first-order valence-corrected chi connectivity index (χ1v) is 8.39. The SMILES string of the molecule is O=C(N[C@@H]1CCCN(C(=O)c2ccco2)C1)c1cc(C2CC2)[nH]n1. The van der Waals surface area contributed by atoms with Crippen LogP contribution in [0.2, 0.25) is 0 Å². The monoisotopic (exact) mass is 328 g/mol. The van der Waals surface area contributed by atoms with E-state index in [-0.39, 0.29) is 17.9 Å². The van der Waals surface area contributed by atoms with Gasteiger partial charge in [-0.25, -0.2) is 0 Å². The summed E-state index contributed by atoms with van der Waals surface area (Å²) >= 11 is 0. The second-order valence-electron chi connectivity index (χ2n) is 6.52. The number of hydrogen-bond donors (Lipinski definition) is 2. The highest BCUT2D eigenvalue weighted by molar-refractivity contribution is 5.93. The van der Waals surface area contributed by atoms with E-state index >= 15 is 0 Å². The minimum Gasteiger partial charge on any atom is -0.459 e. The fourth-order valence-electron chi connectivity index (χ4n) is 3.15. The molecular weight excluding hydrogens is 308 g/mol. The number of hydrogen-bond acceptors (Lipinski definition) is 4. The van der Waals surface area contributed by atoms with Crippen molar-refractivity contribution in [1.82, 2.24) is 20.4 Å². The summed E-state index contributed by atoms with van der Waals surface area (Å²) in [7, 11) is 0. The Morgan fingerprint density at radius 1 is 1.33 bits per heavy atom. The molecule has 7 nitrogen and oxygen atoms in total. The Labute approximate surface area is 139 Å². The van der Waals surface area contributed by atoms with Gasteiger partial charge in [0.25, 0.3) is 11.8 Å². The van der Waals surface area contributed by atoms with Gasteiger partial charge < -0.3 is 14.6 Å². The summed E-state index contributed by atoms with van der Waals surface area (Å²) in [5.74, 6) is 0.559. The standard InChI is InChI=1S/C17H20N4O3/c22-16(14-9-13(19-20-14)11-5-6-11)18-12-3-1-7-21(10-12)17(23)15-4-2-8-24-15/h2,4,8-9,11-12H,1,3,5-7,10H2,(H,18,22)(H,19,20)/t12-/m1/s1. The van der Waals surface area contributed by atoms with Gasteiger partial charge in [-0.1, -0.05) is 0 Å². The number of amides is 2. The van der Waals surface area contributed by atoms with Gasteiger partial charge in [0.2, 0.25) is 0 Å². The Hall–Kier alpha value is -2.57. The van der Waals surface area contributed by atoms with Crippen molar-refractivity contribution in [3.8, 4) is 0 Å². The number of nitrogens with one attached hydrogen (secondary N) is 2. The Morgan fingerprint density at radius 3 is 2.96 bits per heavy atom. The van der Waals surface area contributed by atoms with Crippen molar-refractivity contribution in [2.75, 3.05) is 13.1 Å². The number of nitrogens with zero attached hydrogens (tertiary/aromatic N) is 2. The molecule has 1 atom stereocenters. The van der Waals surface area contributed by atoms with Gasteiger partial charge in [-0.3, -0.25) is 14.7 Å². The average Bonchev–Trinajstić information content (AvgIpc) is 3.11. The lowest BCUT2D eigenvalue weighted by Crippen LogP contribution is -2.49. The lowest BCUT2D eigenvalue weighted by atomic mass is 10.1. The Kier molecular flexibility index (Phi) is 3.84. The third-order valence-electron chi connectivity index (χ3n) is 4.62. The summed E-state index contributed by atoms with van der Waals surface area (Å²) in [6, 6.07) is 5.13. The van der Waals surface area contributed by atoms with Gasteiger partial charge in [-0.2, -0.15) is 5.10 Å². The van der Waals surface area contributed by atoms with Crippen LogP contribution in [-0.2, 0) is 0 Å². The molecule has 2 aromatic heterocycles. The van der Waals surface area contributed by atoms with Crippen LogP contribution in [0.1, 0.15) is 58.3 Å². The van der Waals surface area contributed by atoms with Crippen LogP contribution in [0.3, 0.4) is 0 Å². The molecule has 0 radical (unpaired) electrons. The lowest BCUT2D eigenvalue weighted by Gasteiger charge is -2.32. The maximum atomic E-state index is 12.4.